The first-order chi connectivity index (χ1) is 63.6. The van der Waals surface area contributed by atoms with Crippen molar-refractivity contribution in [1.29, 1.82) is 0 Å². The Hall–Kier alpha value is -15.4. The van der Waals surface area contributed by atoms with Crippen molar-refractivity contribution in [2.45, 2.75) is 119 Å². The molecule has 0 aromatic heterocycles. The van der Waals surface area contributed by atoms with Crippen LogP contribution in [0.3, 0.4) is 0 Å². The summed E-state index contributed by atoms with van der Waals surface area (Å²) in [6, 6.07) is 69.2. The largest absolute Gasteiger partial charge is 0.462 e. The van der Waals surface area contributed by atoms with Crippen molar-refractivity contribution in [2.75, 3.05) is 26.4 Å². The van der Waals surface area contributed by atoms with E-state index in [-0.39, 0.29) is 217 Å². The van der Waals surface area contributed by atoms with Crippen molar-refractivity contribution in [3.63, 3.8) is 0 Å². The summed E-state index contributed by atoms with van der Waals surface area (Å²) in [7, 11) is 0. The highest BCUT2D eigenvalue weighted by Gasteiger charge is 2.49. The summed E-state index contributed by atoms with van der Waals surface area (Å²) >= 11 is 0. The van der Waals surface area contributed by atoms with Gasteiger partial charge in [-0.15, -0.1) is 0 Å². The van der Waals surface area contributed by atoms with Gasteiger partial charge in [-0.2, -0.15) is 0 Å². The monoisotopic (exact) mass is 1760 g/mol. The maximum atomic E-state index is 17.1. The van der Waals surface area contributed by atoms with Crippen molar-refractivity contribution in [1.82, 2.24) is 14.7 Å². The van der Waals surface area contributed by atoms with Crippen LogP contribution in [0.2, 0.25) is 0 Å². The van der Waals surface area contributed by atoms with Crippen molar-refractivity contribution < 1.29 is 85.8 Å². The minimum absolute atomic E-state index is 0.0139. The fraction of sp³-hybridized carbons (Fsp3) is 0.225. The van der Waals surface area contributed by atoms with Gasteiger partial charge in [-0.05, 0) is 170 Å². The molecule has 5 amide bonds. The molecule has 0 saturated carbocycles. The number of nitrogens with zero attached hydrogens (tertiary/aromatic N) is 3. The van der Waals surface area contributed by atoms with E-state index in [0.717, 1.165) is 54.3 Å². The van der Waals surface area contributed by atoms with Gasteiger partial charge < -0.3 is 42.8 Å². The van der Waals surface area contributed by atoms with Gasteiger partial charge in [0.1, 0.15) is 58.1 Å². The van der Waals surface area contributed by atoms with Crippen LogP contribution in [0, 0.1) is 17.8 Å². The zero-order valence-corrected chi connectivity index (χ0v) is 75.0. The third-order valence-electron chi connectivity index (χ3n) is 23.6. The molecular weight excluding hydrogens is 1660 g/mol. The van der Waals surface area contributed by atoms with E-state index in [1.807, 2.05) is 121 Å². The molecule has 21 nitrogen and oxygen atoms in total. The van der Waals surface area contributed by atoms with E-state index >= 15 is 28.8 Å². The Kier molecular flexibility index (Phi) is 27.8. The fourth-order valence-corrected chi connectivity index (χ4v) is 17.1. The average molecular weight is 1770 g/mol. The lowest BCUT2D eigenvalue weighted by atomic mass is 9.79. The highest BCUT2D eigenvalue weighted by atomic mass is 16.5. The number of fused-ring (bicyclic) bond motifs is 2. The number of amides is 5. The third kappa shape index (κ3) is 19.9. The number of Topliss-reactive ketones (excluding diaryl/α,β-unsaturated/α-hetero) is 1. The molecule has 0 aliphatic carbocycles. The van der Waals surface area contributed by atoms with Crippen molar-refractivity contribution >= 4 is 102 Å². The van der Waals surface area contributed by atoms with Crippen LogP contribution in [0.4, 0.5) is 0 Å². The summed E-state index contributed by atoms with van der Waals surface area (Å²) in [6.07, 6.45) is 1.65. The Labute approximate surface area is 765 Å². The molecule has 0 spiro atoms. The van der Waals surface area contributed by atoms with Gasteiger partial charge in [0, 0.05) is 110 Å². The molecule has 0 N–H and O–H groups in total. The highest BCUT2D eigenvalue weighted by Crippen LogP contribution is 2.59. The number of ketones is 1. The van der Waals surface area contributed by atoms with Crippen LogP contribution in [-0.4, -0.2) is 112 Å². The predicted molar refractivity (Wildman–Crippen MR) is 506 cm³/mol. The molecule has 2 aliphatic heterocycles. The maximum absolute atomic E-state index is 17.1. The number of benzene rings is 13. The van der Waals surface area contributed by atoms with E-state index in [4.69, 9.17) is 37.9 Å². The van der Waals surface area contributed by atoms with Gasteiger partial charge in [0.05, 0.1) is 48.7 Å². The second kappa shape index (κ2) is 40.1. The molecule has 21 heteroatoms. The van der Waals surface area contributed by atoms with Crippen molar-refractivity contribution in [3.05, 3.63) is 358 Å². The van der Waals surface area contributed by atoms with Gasteiger partial charge in [0.25, 0.3) is 23.6 Å². The Balaban J connectivity index is 1.04. The summed E-state index contributed by atoms with van der Waals surface area (Å²) in [5.74, 6) is -8.11. The fourth-order valence-electron chi connectivity index (χ4n) is 17.1. The molecule has 13 aromatic carbocycles. The van der Waals surface area contributed by atoms with E-state index in [2.05, 4.69) is 26.3 Å². The number of ether oxygens (including phenoxy) is 8. The number of hydrogen-bond donors (Lipinski definition) is 0. The zero-order chi connectivity index (χ0) is 93.3. The first-order valence-electron chi connectivity index (χ1n) is 44.1. The lowest BCUT2D eigenvalue weighted by molar-refractivity contribution is -0.139. The van der Waals surface area contributed by atoms with E-state index in [1.54, 1.807) is 169 Å². The molecular formula is C111H101N3O18. The smallest absolute Gasteiger partial charge is 0.333 e. The van der Waals surface area contributed by atoms with Crippen LogP contribution in [0.5, 0.6) is 46.0 Å². The lowest BCUT2D eigenvalue weighted by Crippen LogP contribution is -2.56. The standard InChI is InChI=1S/C111H101N3O18/c1-65(2)100(102(115)79(57-75-25-17-13-18-26-75)58-76-27-19-14-20-28-76)113-103(116)84-59-88(129-80-41-33-71(34-42-80)49-53-125-108(121)67(5)6)94-96-90(131-82-45-37-73(38-46-82)51-55-127-110(123)69(9)10)61-86-93-87(106(119)114(105(86)118)101(66(3)4)107(120)112(63-77-29-21-15-22-30-77)64-78-31-23-16-24-32-78)62-91(132-83-47-39-74(40-48-83)52-56-128-111(124)70(11)12)97(99(93)96)95-89(60-85(104(113)117)92(84)98(94)95)130-81-43-35-72(36-44-81)50-54-126-109(122)68(7)8/h13-48,59-62,65-66,79,100-101H,5,7,9,11,49-58,63-64H2,1-4,6,8,10,12H3. The van der Waals surface area contributed by atoms with Crippen LogP contribution in [0.1, 0.15) is 141 Å². The number of rotatable bonds is 39. The Morgan fingerprint density at radius 2 is 0.545 bits per heavy atom. The van der Waals surface area contributed by atoms with E-state index in [9.17, 15) is 19.2 Å². The summed E-state index contributed by atoms with van der Waals surface area (Å²) < 4.78 is 51.9. The van der Waals surface area contributed by atoms with Gasteiger partial charge in [0.15, 0.2) is 5.78 Å². The Morgan fingerprint density at radius 1 is 0.303 bits per heavy atom. The zero-order valence-electron chi connectivity index (χ0n) is 75.0. The molecule has 0 radical (unpaired) electrons. The SMILES string of the molecule is C=C(C)C(=O)OCCc1ccc(Oc2cc3c4c(cc(Oc5ccc(CCOC(=O)C(=C)C)cc5)c5c6c(Oc7ccc(CCOC(=O)C(=C)C)cc7)cc7c8c(cc(Oc9ccc(CCOC(=O)C(=C)C)cc9)c(c2c45)c86)C(=O)N(C(C(=O)N(Cc2ccccc2)Cc2ccccc2)C(C)C)C7=O)C(=O)N(C(C(=O)C(Cc2ccccc2)Cc2ccccc2)C(C)C)C3=O)cc1. The van der Waals surface area contributed by atoms with Crippen molar-refractivity contribution in [3.8, 4) is 46.0 Å². The van der Waals surface area contributed by atoms with E-state index in [1.165, 1.54) is 12.1 Å². The third-order valence-corrected chi connectivity index (χ3v) is 23.6. The molecule has 2 aliphatic rings. The van der Waals surface area contributed by atoms with E-state index in [0.29, 0.717) is 0 Å². The molecule has 2 unspecified atom stereocenters. The molecule has 0 bridgehead atoms. The lowest BCUT2D eigenvalue weighted by Gasteiger charge is -2.39. The number of carbonyl (C=O) groups excluding carboxylic acids is 10. The predicted octanol–water partition coefficient (Wildman–Crippen LogP) is 21.7. The van der Waals surface area contributed by atoms with Gasteiger partial charge in [0.2, 0.25) is 5.91 Å². The first kappa shape index (κ1) is 91.4. The topological polar surface area (TPSA) is 254 Å². The Bertz CT molecular complexity index is 5920. The van der Waals surface area contributed by atoms with Gasteiger partial charge in [-0.1, -0.05) is 224 Å². The number of carbonyl (C=O) groups is 10. The van der Waals surface area contributed by atoms with Crippen LogP contribution in [-0.2, 0) is 99.3 Å². The highest BCUT2D eigenvalue weighted by molar-refractivity contribution is 6.45. The molecule has 0 saturated heterocycles. The van der Waals surface area contributed by atoms with Crippen molar-refractivity contribution in [2.24, 2.45) is 17.8 Å². The molecule has 668 valence electrons. The first-order valence-corrected chi connectivity index (χ1v) is 44.1. The van der Waals surface area contributed by atoms with Crippen LogP contribution in [0.15, 0.2) is 291 Å². The van der Waals surface area contributed by atoms with Gasteiger partial charge >= 0.3 is 23.9 Å². The summed E-state index contributed by atoms with van der Waals surface area (Å²) in [4.78, 5) is 156. The minimum Gasteiger partial charge on any atom is -0.462 e. The second-order valence-corrected chi connectivity index (χ2v) is 34.3. The number of imide groups is 2. The molecule has 0 fully saturated rings. The average Bonchev–Trinajstić information content (AvgIpc) is 0.668. The van der Waals surface area contributed by atoms with Crippen LogP contribution < -0.4 is 18.9 Å². The quantitative estimate of drug-likeness (QED) is 0.00866. The minimum atomic E-state index is -1.47. The van der Waals surface area contributed by atoms with Gasteiger partial charge in [-0.3, -0.25) is 38.6 Å². The number of hydrogen-bond acceptors (Lipinski definition) is 18. The molecule has 2 heterocycles. The molecule has 2 atom stereocenters. The van der Waals surface area contributed by atoms with Crippen LogP contribution in [0.25, 0.3) is 43.1 Å². The Morgan fingerprint density at radius 3 is 0.788 bits per heavy atom. The molecule has 13 aromatic rings. The molecule has 15 rings (SSSR count). The summed E-state index contributed by atoms with van der Waals surface area (Å²) in [5.41, 5.74) is 6.84. The molecule has 132 heavy (non-hydrogen) atoms. The van der Waals surface area contributed by atoms with Gasteiger partial charge in [-0.25, -0.2) is 19.2 Å². The summed E-state index contributed by atoms with van der Waals surface area (Å²) in [5, 5.41) is 1.08. The second-order valence-electron chi connectivity index (χ2n) is 34.3. The number of esters is 4. The van der Waals surface area contributed by atoms with Crippen LogP contribution >= 0.6 is 0 Å². The normalized spacial score (nSPS) is 12.8. The maximum Gasteiger partial charge on any atom is 0.333 e. The summed E-state index contributed by atoms with van der Waals surface area (Å²) in [6.45, 7) is 28.6. The van der Waals surface area contributed by atoms with E-state index < -0.39 is 83.3 Å².